The van der Waals surface area contributed by atoms with Gasteiger partial charge in [-0.3, -0.25) is 9.69 Å². The molecule has 0 atom stereocenters. The number of fused-ring (bicyclic) bond motifs is 1. The molecule has 0 aliphatic carbocycles. The Morgan fingerprint density at radius 3 is 2.41 bits per heavy atom. The summed E-state index contributed by atoms with van der Waals surface area (Å²) in [4.78, 5) is 20.2. The van der Waals surface area contributed by atoms with Crippen molar-refractivity contribution in [2.75, 3.05) is 11.7 Å². The normalized spacial score (nSPS) is 18.1. The molecule has 29 heavy (non-hydrogen) atoms. The summed E-state index contributed by atoms with van der Waals surface area (Å²) in [5.74, 6) is 1.30. The summed E-state index contributed by atoms with van der Waals surface area (Å²) >= 11 is 1.36. The second-order valence-corrected chi connectivity index (χ2v) is 7.44. The quantitative estimate of drug-likeness (QED) is 0.566. The third-order valence-corrected chi connectivity index (χ3v) is 5.46. The van der Waals surface area contributed by atoms with E-state index in [9.17, 15) is 4.79 Å². The predicted molar refractivity (Wildman–Crippen MR) is 116 cm³/mol. The lowest BCUT2D eigenvalue weighted by Gasteiger charge is -2.15. The number of thioether (sulfide) groups is 1. The molecule has 142 valence electrons. The third-order valence-electron chi connectivity index (χ3n) is 4.50. The van der Waals surface area contributed by atoms with Crippen LogP contribution in [0.4, 0.5) is 11.4 Å². The van der Waals surface area contributed by atoms with Crippen molar-refractivity contribution in [1.82, 2.24) is 0 Å². The zero-order chi connectivity index (χ0) is 19.6. The van der Waals surface area contributed by atoms with Gasteiger partial charge in [0.1, 0.15) is 0 Å². The third kappa shape index (κ3) is 3.50. The topological polar surface area (TPSA) is 51.1 Å². The van der Waals surface area contributed by atoms with Gasteiger partial charge in [0.15, 0.2) is 16.7 Å². The van der Waals surface area contributed by atoms with Gasteiger partial charge in [0.05, 0.1) is 16.3 Å². The van der Waals surface area contributed by atoms with Gasteiger partial charge in [-0.25, -0.2) is 4.99 Å². The van der Waals surface area contributed by atoms with Crippen LogP contribution in [0.5, 0.6) is 11.5 Å². The Hall–Kier alpha value is -3.51. The van der Waals surface area contributed by atoms with E-state index in [1.807, 2.05) is 84.9 Å². The highest BCUT2D eigenvalue weighted by Crippen LogP contribution is 2.39. The van der Waals surface area contributed by atoms with Crippen LogP contribution in [-0.4, -0.2) is 17.9 Å². The number of nitrogens with zero attached hydrogens (tertiary/aromatic N) is 2. The molecule has 2 aliphatic heterocycles. The van der Waals surface area contributed by atoms with E-state index in [1.165, 1.54) is 11.8 Å². The fourth-order valence-corrected chi connectivity index (χ4v) is 4.12. The number of anilines is 1. The summed E-state index contributed by atoms with van der Waals surface area (Å²) < 4.78 is 10.8. The number of carbonyl (C=O) groups excluding carboxylic acids is 1. The summed E-state index contributed by atoms with van der Waals surface area (Å²) in [5, 5.41) is 0.624. The maximum Gasteiger partial charge on any atom is 0.271 e. The smallest absolute Gasteiger partial charge is 0.271 e. The monoisotopic (exact) mass is 400 g/mol. The van der Waals surface area contributed by atoms with Crippen molar-refractivity contribution in [3.05, 3.63) is 89.3 Å². The summed E-state index contributed by atoms with van der Waals surface area (Å²) in [6, 6.07) is 24.8. The van der Waals surface area contributed by atoms with Crippen molar-refractivity contribution in [3.8, 4) is 11.5 Å². The van der Waals surface area contributed by atoms with Gasteiger partial charge >= 0.3 is 0 Å². The minimum absolute atomic E-state index is 0.103. The van der Waals surface area contributed by atoms with Gasteiger partial charge < -0.3 is 9.47 Å². The number of carbonyl (C=O) groups is 1. The molecule has 0 radical (unpaired) electrons. The number of hydrogen-bond donors (Lipinski definition) is 0. The lowest BCUT2D eigenvalue weighted by atomic mass is 10.2. The van der Waals surface area contributed by atoms with Crippen LogP contribution in [0, 0.1) is 0 Å². The summed E-state index contributed by atoms with van der Waals surface area (Å²) in [6.07, 6.45) is 1.86. The number of ether oxygens (including phenoxy) is 2. The number of benzene rings is 3. The van der Waals surface area contributed by atoms with Gasteiger partial charge in [0.2, 0.25) is 6.79 Å². The van der Waals surface area contributed by atoms with Crippen LogP contribution in [0.2, 0.25) is 0 Å². The number of hydrogen-bond acceptors (Lipinski definition) is 5. The average Bonchev–Trinajstić information content (AvgIpc) is 3.34. The zero-order valence-electron chi connectivity index (χ0n) is 15.3. The summed E-state index contributed by atoms with van der Waals surface area (Å²) in [7, 11) is 0. The van der Waals surface area contributed by atoms with Gasteiger partial charge in [-0.15, -0.1) is 0 Å². The van der Waals surface area contributed by atoms with Crippen molar-refractivity contribution >= 4 is 40.3 Å². The number of rotatable bonds is 3. The molecule has 1 saturated heterocycles. The van der Waals surface area contributed by atoms with Gasteiger partial charge in [-0.05, 0) is 59.8 Å². The molecule has 0 unspecified atom stereocenters. The first-order valence-corrected chi connectivity index (χ1v) is 9.92. The zero-order valence-corrected chi connectivity index (χ0v) is 16.1. The highest BCUT2D eigenvalue weighted by atomic mass is 32.2. The molecule has 5 rings (SSSR count). The van der Waals surface area contributed by atoms with Crippen LogP contribution in [0.15, 0.2) is 88.8 Å². The predicted octanol–water partition coefficient (Wildman–Crippen LogP) is 5.22. The van der Waals surface area contributed by atoms with Gasteiger partial charge in [-0.2, -0.15) is 0 Å². The van der Waals surface area contributed by atoms with Gasteiger partial charge in [-0.1, -0.05) is 42.5 Å². The molecule has 5 nitrogen and oxygen atoms in total. The second-order valence-electron chi connectivity index (χ2n) is 6.43. The lowest BCUT2D eigenvalue weighted by Crippen LogP contribution is -2.28. The van der Waals surface area contributed by atoms with Crippen LogP contribution < -0.4 is 14.4 Å². The fraction of sp³-hybridized carbons (Fsp3) is 0.0435. The molecule has 3 aromatic carbocycles. The highest BCUT2D eigenvalue weighted by Gasteiger charge is 2.34. The number of amidine groups is 1. The van der Waals surface area contributed by atoms with Crippen molar-refractivity contribution in [3.63, 3.8) is 0 Å². The molecular formula is C23H16N2O3S. The molecule has 1 fully saturated rings. The minimum atomic E-state index is -0.103. The van der Waals surface area contributed by atoms with Crippen LogP contribution in [0.3, 0.4) is 0 Å². The van der Waals surface area contributed by atoms with Crippen molar-refractivity contribution in [1.29, 1.82) is 0 Å². The maximum atomic E-state index is 13.2. The standard InChI is InChI=1S/C23H16N2O3S/c26-22-21(14-16-11-12-19-20(13-16)28-15-27-19)29-23(24-17-7-3-1-4-8-17)25(22)18-9-5-2-6-10-18/h1-14H,15H2/b21-14+,24-23?. The molecular weight excluding hydrogens is 384 g/mol. The van der Waals surface area contributed by atoms with Crippen LogP contribution in [0.1, 0.15) is 5.56 Å². The molecule has 2 aliphatic rings. The van der Waals surface area contributed by atoms with E-state index in [0.717, 1.165) is 22.7 Å². The maximum absolute atomic E-state index is 13.2. The van der Waals surface area contributed by atoms with Gasteiger partial charge in [0, 0.05) is 0 Å². The van der Waals surface area contributed by atoms with Crippen LogP contribution >= 0.6 is 11.8 Å². The Balaban J connectivity index is 1.54. The Bertz CT molecular complexity index is 1130. The molecule has 2 heterocycles. The fourth-order valence-electron chi connectivity index (χ4n) is 3.12. The molecule has 0 saturated carbocycles. The first-order chi connectivity index (χ1) is 14.3. The largest absolute Gasteiger partial charge is 0.454 e. The Morgan fingerprint density at radius 2 is 1.62 bits per heavy atom. The van der Waals surface area contributed by atoms with Gasteiger partial charge in [0.25, 0.3) is 5.91 Å². The Morgan fingerprint density at radius 1 is 0.897 bits per heavy atom. The summed E-state index contributed by atoms with van der Waals surface area (Å²) in [5.41, 5.74) is 2.46. The lowest BCUT2D eigenvalue weighted by molar-refractivity contribution is -0.113. The second kappa shape index (κ2) is 7.48. The molecule has 0 spiro atoms. The van der Waals surface area contributed by atoms with E-state index in [1.54, 1.807) is 4.90 Å². The molecule has 3 aromatic rings. The SMILES string of the molecule is O=C1/C(=C\c2ccc3c(c2)OCO3)SC(=Nc2ccccc2)N1c1ccccc1. The average molecular weight is 400 g/mol. The number of amides is 1. The number of aliphatic imine (C=N–C) groups is 1. The molecule has 6 heteroatoms. The molecule has 0 bridgehead atoms. The van der Waals surface area contributed by atoms with E-state index in [-0.39, 0.29) is 12.7 Å². The van der Waals surface area contributed by atoms with E-state index >= 15 is 0 Å². The van der Waals surface area contributed by atoms with Crippen molar-refractivity contribution < 1.29 is 14.3 Å². The van der Waals surface area contributed by atoms with E-state index < -0.39 is 0 Å². The highest BCUT2D eigenvalue weighted by molar-refractivity contribution is 8.19. The first-order valence-electron chi connectivity index (χ1n) is 9.10. The Labute approximate surface area is 172 Å². The number of para-hydroxylation sites is 2. The Kier molecular flexibility index (Phi) is 4.54. The molecule has 0 N–H and O–H groups in total. The van der Waals surface area contributed by atoms with Crippen molar-refractivity contribution in [2.24, 2.45) is 4.99 Å². The minimum Gasteiger partial charge on any atom is -0.454 e. The van der Waals surface area contributed by atoms with Crippen LogP contribution in [0.25, 0.3) is 6.08 Å². The summed E-state index contributed by atoms with van der Waals surface area (Å²) in [6.45, 7) is 0.221. The van der Waals surface area contributed by atoms with E-state index in [0.29, 0.717) is 15.8 Å². The van der Waals surface area contributed by atoms with E-state index in [2.05, 4.69) is 0 Å². The molecule has 0 aromatic heterocycles. The first kappa shape index (κ1) is 17.6. The van der Waals surface area contributed by atoms with Crippen molar-refractivity contribution in [2.45, 2.75) is 0 Å². The molecule has 1 amide bonds. The van der Waals surface area contributed by atoms with E-state index in [4.69, 9.17) is 14.5 Å². The van der Waals surface area contributed by atoms with Crippen LogP contribution in [-0.2, 0) is 4.79 Å².